The van der Waals surface area contributed by atoms with Crippen molar-refractivity contribution in [2.45, 2.75) is 132 Å². The lowest BCUT2D eigenvalue weighted by Crippen LogP contribution is -2.35. The summed E-state index contributed by atoms with van der Waals surface area (Å²) >= 11 is 4.44. The van der Waals surface area contributed by atoms with Gasteiger partial charge in [0.05, 0.1) is 12.7 Å². The number of unbranched alkanes of at least 4 members (excludes halogenated alkanes) is 5. The molecule has 0 aromatic carbocycles. The molecule has 1 rings (SSSR count). The zero-order chi connectivity index (χ0) is 25.8. The van der Waals surface area contributed by atoms with E-state index in [1.54, 1.807) is 0 Å². The molecule has 1 aliphatic rings. The number of hydrogen-bond acceptors (Lipinski definition) is 7. The van der Waals surface area contributed by atoms with Crippen molar-refractivity contribution < 1.29 is 29.0 Å². The van der Waals surface area contributed by atoms with Gasteiger partial charge in [0, 0.05) is 17.1 Å². The zero-order valence-corrected chi connectivity index (χ0v) is 24.6. The minimum Gasteiger partial charge on any atom is -0.474 e. The minimum atomic E-state index is -2.60. The molecule has 206 valence electrons. The zero-order valence-electron chi connectivity index (χ0n) is 22.0. The van der Waals surface area contributed by atoms with E-state index in [9.17, 15) is 14.5 Å². The third kappa shape index (κ3) is 16.6. The molecule has 0 radical (unpaired) electrons. The molecule has 1 saturated carbocycles. The lowest BCUT2D eigenvalue weighted by molar-refractivity contribution is -0.190. The SMILES string of the molecule is CCC(CCSCCCCCCCCC(C)OCCCOC(O)([PH+]=O)C(=O)O)SC1CCCCC1. The Hall–Kier alpha value is 0.150. The van der Waals surface area contributed by atoms with Crippen molar-refractivity contribution in [3.63, 3.8) is 0 Å². The highest BCUT2D eigenvalue weighted by Gasteiger charge is 2.47. The van der Waals surface area contributed by atoms with Gasteiger partial charge in [0.1, 0.15) is 0 Å². The van der Waals surface area contributed by atoms with Gasteiger partial charge >= 0.3 is 20.0 Å². The smallest absolute Gasteiger partial charge is 0.470 e. The second kappa shape index (κ2) is 21.1. The van der Waals surface area contributed by atoms with E-state index in [4.69, 9.17) is 14.6 Å². The standard InChI is InChI=1S/C26H49O6PS2/c1-3-23(35-24-15-10-8-11-16-24)17-21-34-20-12-7-5-4-6-9-14-22(2)31-18-13-19-32-26(29,33-30)25(27)28/h22-24,29H,3-21H2,1-2H3,(H,27,28)/p+1. The van der Waals surface area contributed by atoms with Crippen LogP contribution in [0.15, 0.2) is 0 Å². The molecule has 0 amide bonds. The number of aliphatic hydroxyl groups is 1. The highest BCUT2D eigenvalue weighted by molar-refractivity contribution is 8.00. The second-order valence-electron chi connectivity index (χ2n) is 9.67. The van der Waals surface area contributed by atoms with Gasteiger partial charge in [-0.05, 0) is 63.4 Å². The number of carboxylic acid groups (broad SMARTS) is 1. The van der Waals surface area contributed by atoms with Crippen molar-refractivity contribution in [1.29, 1.82) is 0 Å². The average molecular weight is 554 g/mol. The minimum absolute atomic E-state index is 0.0122. The van der Waals surface area contributed by atoms with E-state index in [0.717, 1.165) is 23.3 Å². The van der Waals surface area contributed by atoms with E-state index in [-0.39, 0.29) is 12.7 Å². The van der Waals surface area contributed by atoms with E-state index in [0.29, 0.717) is 13.0 Å². The summed E-state index contributed by atoms with van der Waals surface area (Å²) in [6, 6.07) is 0. The molecule has 0 bridgehead atoms. The van der Waals surface area contributed by atoms with Crippen molar-refractivity contribution >= 4 is 38.0 Å². The maximum absolute atomic E-state index is 10.8. The highest BCUT2D eigenvalue weighted by atomic mass is 32.2. The van der Waals surface area contributed by atoms with E-state index in [1.165, 1.54) is 88.6 Å². The molecule has 4 atom stereocenters. The summed E-state index contributed by atoms with van der Waals surface area (Å²) in [6.45, 7) is 4.81. The summed E-state index contributed by atoms with van der Waals surface area (Å²) in [5.41, 5.74) is -2.60. The fourth-order valence-corrected chi connectivity index (χ4v) is 7.34. The molecule has 4 unspecified atom stereocenters. The molecule has 0 spiro atoms. The van der Waals surface area contributed by atoms with Gasteiger partial charge < -0.3 is 19.7 Å². The molecule has 1 fully saturated rings. The van der Waals surface area contributed by atoms with E-state index in [2.05, 4.69) is 30.4 Å². The Balaban J connectivity index is 1.87. The van der Waals surface area contributed by atoms with Crippen LogP contribution in [0.4, 0.5) is 0 Å². The van der Waals surface area contributed by atoms with Crippen LogP contribution in [0.5, 0.6) is 0 Å². The third-order valence-electron chi connectivity index (χ3n) is 6.56. The fraction of sp³-hybridized carbons (Fsp3) is 0.962. The molecule has 0 aliphatic heterocycles. The predicted octanol–water partition coefficient (Wildman–Crippen LogP) is 7.25. The number of rotatable bonds is 23. The lowest BCUT2D eigenvalue weighted by atomic mass is 10.0. The topological polar surface area (TPSA) is 93.1 Å². The third-order valence-corrected chi connectivity index (χ3v) is 10.1. The molecule has 9 heteroatoms. The first-order valence-corrected chi connectivity index (χ1v) is 16.8. The average Bonchev–Trinajstić information content (AvgIpc) is 2.86. The molecule has 0 aromatic heterocycles. The Kier molecular flexibility index (Phi) is 20.0. The number of thioether (sulfide) groups is 2. The molecule has 0 heterocycles. The summed E-state index contributed by atoms with van der Waals surface area (Å²) in [6.07, 6.45) is 19.2. The number of ether oxygens (including phenoxy) is 2. The maximum Gasteiger partial charge on any atom is 0.470 e. The Bertz CT molecular complexity index is 550. The van der Waals surface area contributed by atoms with Crippen LogP contribution in [0.1, 0.15) is 110 Å². The fourth-order valence-electron chi connectivity index (χ4n) is 4.28. The molecule has 6 nitrogen and oxygen atoms in total. The van der Waals surface area contributed by atoms with Crippen molar-refractivity contribution in [3.05, 3.63) is 0 Å². The summed E-state index contributed by atoms with van der Waals surface area (Å²) < 4.78 is 21.3. The van der Waals surface area contributed by atoms with Crippen LogP contribution in [-0.2, 0) is 18.8 Å². The summed E-state index contributed by atoms with van der Waals surface area (Å²) in [7, 11) is -1.47. The van der Waals surface area contributed by atoms with Crippen LogP contribution >= 0.6 is 32.0 Å². The lowest BCUT2D eigenvalue weighted by Gasteiger charge is -2.25. The Morgan fingerprint density at radius 2 is 1.69 bits per heavy atom. The molecular formula is C26H50O6PS2+. The molecule has 35 heavy (non-hydrogen) atoms. The Morgan fingerprint density at radius 1 is 1.00 bits per heavy atom. The van der Waals surface area contributed by atoms with Gasteiger partial charge in [0.2, 0.25) is 0 Å². The molecule has 1 aliphatic carbocycles. The quantitative estimate of drug-likeness (QED) is 0.0776. The first kappa shape index (κ1) is 33.2. The van der Waals surface area contributed by atoms with Crippen molar-refractivity contribution in [1.82, 2.24) is 0 Å². The largest absolute Gasteiger partial charge is 0.474 e. The maximum atomic E-state index is 10.8. The van der Waals surface area contributed by atoms with Crippen molar-refractivity contribution in [2.24, 2.45) is 0 Å². The summed E-state index contributed by atoms with van der Waals surface area (Å²) in [5.74, 6) is 0.989. The molecule has 0 saturated heterocycles. The van der Waals surface area contributed by atoms with Crippen LogP contribution < -0.4 is 0 Å². The van der Waals surface area contributed by atoms with Crippen LogP contribution in [0, 0.1) is 0 Å². The van der Waals surface area contributed by atoms with Gasteiger partial charge in [0.25, 0.3) is 0 Å². The van der Waals surface area contributed by atoms with Gasteiger partial charge in [-0.3, -0.25) is 0 Å². The van der Waals surface area contributed by atoms with Gasteiger partial charge in [-0.1, -0.05) is 62.9 Å². The van der Waals surface area contributed by atoms with E-state index in [1.807, 2.05) is 6.92 Å². The summed E-state index contributed by atoms with van der Waals surface area (Å²) in [5, 5.41) is 20.1. The van der Waals surface area contributed by atoms with Crippen LogP contribution in [-0.4, -0.2) is 63.0 Å². The molecule has 0 aromatic rings. The Labute approximate surface area is 223 Å². The van der Waals surface area contributed by atoms with Crippen LogP contribution in [0.25, 0.3) is 0 Å². The van der Waals surface area contributed by atoms with Crippen LogP contribution in [0.2, 0.25) is 0 Å². The molecular weight excluding hydrogens is 503 g/mol. The van der Waals surface area contributed by atoms with E-state index < -0.39 is 20.0 Å². The predicted molar refractivity (Wildman–Crippen MR) is 150 cm³/mol. The number of aliphatic carboxylic acids is 1. The van der Waals surface area contributed by atoms with Gasteiger partial charge in [-0.2, -0.15) is 23.5 Å². The van der Waals surface area contributed by atoms with Crippen molar-refractivity contribution in [2.75, 3.05) is 24.7 Å². The Morgan fingerprint density at radius 3 is 2.34 bits per heavy atom. The number of carboxylic acids is 1. The van der Waals surface area contributed by atoms with E-state index >= 15 is 0 Å². The first-order chi connectivity index (χ1) is 16.9. The normalized spacial score (nSPS) is 18.4. The monoisotopic (exact) mass is 553 g/mol. The van der Waals surface area contributed by atoms with Crippen LogP contribution in [0.3, 0.4) is 0 Å². The number of hydrogen-bond donors (Lipinski definition) is 2. The van der Waals surface area contributed by atoms with Gasteiger partial charge in [0.15, 0.2) is 0 Å². The number of carbonyl (C=O) groups is 1. The highest BCUT2D eigenvalue weighted by Crippen LogP contribution is 2.34. The summed E-state index contributed by atoms with van der Waals surface area (Å²) in [4.78, 5) is 10.8. The van der Waals surface area contributed by atoms with Gasteiger partial charge in [-0.25, -0.2) is 4.79 Å². The van der Waals surface area contributed by atoms with Crippen molar-refractivity contribution in [3.8, 4) is 0 Å². The van der Waals surface area contributed by atoms with Gasteiger partial charge in [-0.15, -0.1) is 0 Å². The second-order valence-corrected chi connectivity index (χ2v) is 13.4. The first-order valence-electron chi connectivity index (χ1n) is 13.7. The molecule has 2 N–H and O–H groups in total.